The van der Waals surface area contributed by atoms with Gasteiger partial charge in [-0.2, -0.15) is 0 Å². The fourth-order valence-electron chi connectivity index (χ4n) is 9.99. The molecule has 5 aliphatic carbocycles. The molecule has 206 valence electrons. The molecule has 0 spiro atoms. The van der Waals surface area contributed by atoms with Crippen LogP contribution in [-0.2, 0) is 0 Å². The fourth-order valence-corrected chi connectivity index (χ4v) is 18.7. The fraction of sp³-hybridized carbons (Fsp3) is 0.829. The van der Waals surface area contributed by atoms with E-state index >= 15 is 0 Å². The standard InChI is InChI=1S/C35H56P2/c1-27(36(28-19-8-9-20-28)29-21-10-11-22-29)32-24-14-25-33(32)34-23-12-13-26-35(34)37(30-15-4-2-5-16-30)31-17-6-3-7-18-31/h12-13,23,26-33H,2-11,14-22,24-25H2,1H3/t27-,32?,33?/m0/s1. The molecule has 3 atom stereocenters. The van der Waals surface area contributed by atoms with Gasteiger partial charge in [0.15, 0.2) is 0 Å². The third-order valence-electron chi connectivity index (χ3n) is 11.7. The number of hydrogen-bond donors (Lipinski definition) is 0. The lowest BCUT2D eigenvalue weighted by Gasteiger charge is -2.42. The highest BCUT2D eigenvalue weighted by Crippen LogP contribution is 2.65. The molecule has 5 aliphatic rings. The Morgan fingerprint density at radius 2 is 1.03 bits per heavy atom. The maximum absolute atomic E-state index is 2.79. The van der Waals surface area contributed by atoms with Crippen LogP contribution in [0.2, 0.25) is 0 Å². The highest BCUT2D eigenvalue weighted by atomic mass is 31.1. The second-order valence-corrected chi connectivity index (χ2v) is 19.7. The van der Waals surface area contributed by atoms with E-state index in [9.17, 15) is 0 Å². The van der Waals surface area contributed by atoms with Gasteiger partial charge in [-0.25, -0.2) is 0 Å². The van der Waals surface area contributed by atoms with E-state index in [4.69, 9.17) is 0 Å². The summed E-state index contributed by atoms with van der Waals surface area (Å²) in [6.07, 6.45) is 32.2. The van der Waals surface area contributed by atoms with Gasteiger partial charge in [0.25, 0.3) is 0 Å². The molecule has 5 fully saturated rings. The van der Waals surface area contributed by atoms with E-state index in [0.717, 1.165) is 40.1 Å². The van der Waals surface area contributed by atoms with Crippen LogP contribution in [0.3, 0.4) is 0 Å². The minimum absolute atomic E-state index is 0.00539. The summed E-state index contributed by atoms with van der Waals surface area (Å²) < 4.78 is 0. The van der Waals surface area contributed by atoms with Crippen molar-refractivity contribution in [2.75, 3.05) is 0 Å². The molecule has 0 bridgehead atoms. The first-order valence-corrected chi connectivity index (χ1v) is 20.0. The number of rotatable bonds is 8. The smallest absolute Gasteiger partial charge is 0.0121 e. The summed E-state index contributed by atoms with van der Waals surface area (Å²) in [4.78, 5) is 0. The zero-order valence-electron chi connectivity index (χ0n) is 24.1. The molecule has 1 aromatic rings. The summed E-state index contributed by atoms with van der Waals surface area (Å²) in [5.41, 5.74) is 7.17. The van der Waals surface area contributed by atoms with Crippen LogP contribution in [0.5, 0.6) is 0 Å². The zero-order chi connectivity index (χ0) is 25.0. The third-order valence-corrected chi connectivity index (χ3v) is 19.3. The molecular formula is C35H56P2. The molecule has 6 rings (SSSR count). The number of hydrogen-bond acceptors (Lipinski definition) is 0. The van der Waals surface area contributed by atoms with Crippen molar-refractivity contribution in [3.05, 3.63) is 29.8 Å². The van der Waals surface area contributed by atoms with Crippen molar-refractivity contribution in [1.29, 1.82) is 0 Å². The first kappa shape index (κ1) is 27.3. The molecule has 1 aromatic carbocycles. The van der Waals surface area contributed by atoms with Gasteiger partial charge in [-0.3, -0.25) is 0 Å². The number of benzene rings is 1. The van der Waals surface area contributed by atoms with E-state index in [1.54, 1.807) is 25.7 Å². The van der Waals surface area contributed by atoms with Crippen LogP contribution in [0.15, 0.2) is 24.3 Å². The molecule has 0 saturated heterocycles. The normalized spacial score (nSPS) is 30.1. The highest BCUT2D eigenvalue weighted by molar-refractivity contribution is 7.67. The van der Waals surface area contributed by atoms with Crippen LogP contribution in [0.4, 0.5) is 0 Å². The van der Waals surface area contributed by atoms with Crippen molar-refractivity contribution < 1.29 is 0 Å². The van der Waals surface area contributed by atoms with E-state index in [2.05, 4.69) is 31.2 Å². The molecule has 0 heterocycles. The van der Waals surface area contributed by atoms with Gasteiger partial charge >= 0.3 is 0 Å². The topological polar surface area (TPSA) is 0 Å². The van der Waals surface area contributed by atoms with Crippen molar-refractivity contribution in [3.63, 3.8) is 0 Å². The molecular weight excluding hydrogens is 482 g/mol. The summed E-state index contributed by atoms with van der Waals surface area (Å²) in [6.45, 7) is 2.79. The van der Waals surface area contributed by atoms with E-state index < -0.39 is 0 Å². The predicted molar refractivity (Wildman–Crippen MR) is 168 cm³/mol. The van der Waals surface area contributed by atoms with Gasteiger partial charge in [-0.05, 0) is 115 Å². The molecule has 0 radical (unpaired) electrons. The van der Waals surface area contributed by atoms with Crippen LogP contribution in [0.25, 0.3) is 0 Å². The second-order valence-electron chi connectivity index (χ2n) is 13.8. The van der Waals surface area contributed by atoms with Gasteiger partial charge in [0.1, 0.15) is 0 Å². The molecule has 0 N–H and O–H groups in total. The van der Waals surface area contributed by atoms with E-state index in [0.29, 0.717) is 0 Å². The maximum Gasteiger partial charge on any atom is -0.0121 e. The molecule has 2 heteroatoms. The molecule has 37 heavy (non-hydrogen) atoms. The Labute approximate surface area is 232 Å². The van der Waals surface area contributed by atoms with Gasteiger partial charge in [0, 0.05) is 0 Å². The largest absolute Gasteiger partial charge is 0.0971 e. The molecule has 5 saturated carbocycles. The first-order chi connectivity index (χ1) is 18.3. The third kappa shape index (κ3) is 6.07. The Morgan fingerprint density at radius 1 is 0.541 bits per heavy atom. The molecule has 0 amide bonds. The Balaban J connectivity index is 1.30. The lowest BCUT2D eigenvalue weighted by Crippen LogP contribution is -2.31. The van der Waals surface area contributed by atoms with Crippen molar-refractivity contribution in [1.82, 2.24) is 0 Å². The lowest BCUT2D eigenvalue weighted by atomic mass is 9.87. The van der Waals surface area contributed by atoms with Gasteiger partial charge in [0.05, 0.1) is 0 Å². The molecule has 0 aromatic heterocycles. The summed E-state index contributed by atoms with van der Waals surface area (Å²) >= 11 is 0. The van der Waals surface area contributed by atoms with Crippen molar-refractivity contribution in [2.45, 2.75) is 176 Å². The lowest BCUT2D eigenvalue weighted by molar-refractivity contribution is 0.472. The summed E-state index contributed by atoms with van der Waals surface area (Å²) in [5, 5.41) is 1.92. The summed E-state index contributed by atoms with van der Waals surface area (Å²) in [6, 6.07) is 10.2. The highest BCUT2D eigenvalue weighted by Gasteiger charge is 2.44. The van der Waals surface area contributed by atoms with Crippen LogP contribution in [0.1, 0.15) is 153 Å². The minimum Gasteiger partial charge on any atom is -0.0971 e. The van der Waals surface area contributed by atoms with Gasteiger partial charge in [-0.15, -0.1) is 0 Å². The monoisotopic (exact) mass is 538 g/mol. The maximum atomic E-state index is 2.79. The second kappa shape index (κ2) is 13.2. The van der Waals surface area contributed by atoms with Gasteiger partial charge < -0.3 is 0 Å². The molecule has 0 aliphatic heterocycles. The average molecular weight is 539 g/mol. The Kier molecular flexibility index (Phi) is 9.70. The summed E-state index contributed by atoms with van der Waals surface area (Å²) in [5.74, 6) is 1.85. The first-order valence-electron chi connectivity index (χ1n) is 17.0. The quantitative estimate of drug-likeness (QED) is 0.289. The van der Waals surface area contributed by atoms with Crippen LogP contribution < -0.4 is 5.30 Å². The van der Waals surface area contributed by atoms with E-state index in [1.807, 2.05) is 10.9 Å². The predicted octanol–water partition coefficient (Wildman–Crippen LogP) is 11.1. The van der Waals surface area contributed by atoms with E-state index in [-0.39, 0.29) is 15.8 Å². The van der Waals surface area contributed by atoms with Crippen LogP contribution in [-0.4, -0.2) is 28.3 Å². The minimum atomic E-state index is 0.00539. The van der Waals surface area contributed by atoms with Crippen molar-refractivity contribution in [2.24, 2.45) is 5.92 Å². The summed E-state index contributed by atoms with van der Waals surface area (Å²) in [7, 11) is 0.209. The van der Waals surface area contributed by atoms with Crippen LogP contribution >= 0.6 is 15.8 Å². The van der Waals surface area contributed by atoms with E-state index in [1.165, 1.54) is 109 Å². The molecule has 0 nitrogen and oxygen atoms in total. The molecule has 2 unspecified atom stereocenters. The van der Waals surface area contributed by atoms with Crippen molar-refractivity contribution >= 4 is 21.1 Å². The zero-order valence-corrected chi connectivity index (χ0v) is 25.9. The van der Waals surface area contributed by atoms with Gasteiger partial charge in [0.2, 0.25) is 0 Å². The SMILES string of the molecule is C[C@@H](C1CCCC1c1ccccc1P(C1CCCCC1)C1CCCCC1)P(C1CCCC1)C1CCCC1. The van der Waals surface area contributed by atoms with Crippen LogP contribution in [0, 0.1) is 5.92 Å². The Morgan fingerprint density at radius 3 is 1.59 bits per heavy atom. The Bertz CT molecular complexity index is 791. The average Bonchev–Trinajstić information content (AvgIpc) is 3.74. The Hall–Kier alpha value is 0.0800. The van der Waals surface area contributed by atoms with Crippen molar-refractivity contribution in [3.8, 4) is 0 Å². The van der Waals surface area contributed by atoms with Gasteiger partial charge in [-0.1, -0.05) is 118 Å².